The molecule has 0 saturated carbocycles. The van der Waals surface area contributed by atoms with E-state index < -0.39 is 10.9 Å². The zero-order valence-corrected chi connectivity index (χ0v) is 11.7. The Hall–Kier alpha value is -1.90. The second kappa shape index (κ2) is 5.61. The number of hydrogen-bond acceptors (Lipinski definition) is 6. The van der Waals surface area contributed by atoms with E-state index in [1.165, 1.54) is 18.2 Å². The van der Waals surface area contributed by atoms with E-state index in [0.29, 0.717) is 11.3 Å². The Kier molecular flexibility index (Phi) is 4.07. The maximum atomic E-state index is 10.8. The van der Waals surface area contributed by atoms with Gasteiger partial charge in [0.1, 0.15) is 0 Å². The molecule has 0 atom stereocenters. The first kappa shape index (κ1) is 14.5. The highest BCUT2D eigenvalue weighted by atomic mass is 35.5. The van der Waals surface area contributed by atoms with Gasteiger partial charge in [0, 0.05) is 17.2 Å². The number of nitro benzene ring substituents is 1. The first-order valence-electron chi connectivity index (χ1n) is 4.90. The van der Waals surface area contributed by atoms with Crippen molar-refractivity contribution in [1.82, 2.24) is 4.98 Å². The maximum Gasteiger partial charge on any atom is 0.349 e. The van der Waals surface area contributed by atoms with Crippen LogP contribution in [0.1, 0.15) is 9.67 Å². The lowest BCUT2D eigenvalue weighted by Crippen LogP contribution is -1.93. The lowest BCUT2D eigenvalue weighted by molar-refractivity contribution is -0.385. The smallest absolute Gasteiger partial charge is 0.349 e. The summed E-state index contributed by atoms with van der Waals surface area (Å²) in [5, 5.41) is 19.5. The van der Waals surface area contributed by atoms with Crippen LogP contribution in [-0.4, -0.2) is 21.0 Å². The van der Waals surface area contributed by atoms with Crippen molar-refractivity contribution in [3.05, 3.63) is 43.4 Å². The van der Waals surface area contributed by atoms with Crippen LogP contribution in [0.25, 0.3) is 0 Å². The SMILES string of the molecule is O=C(O)c1sc(Oc2cc(Cl)ccc2[N+](=O)[O-])nc1Cl. The van der Waals surface area contributed by atoms with Crippen molar-refractivity contribution in [1.29, 1.82) is 0 Å². The van der Waals surface area contributed by atoms with Gasteiger partial charge in [-0.05, 0) is 6.07 Å². The molecule has 104 valence electrons. The number of hydrogen-bond donors (Lipinski definition) is 1. The minimum Gasteiger partial charge on any atom is -0.477 e. The Morgan fingerprint density at radius 3 is 2.70 bits per heavy atom. The van der Waals surface area contributed by atoms with Gasteiger partial charge in [-0.1, -0.05) is 34.5 Å². The van der Waals surface area contributed by atoms with Gasteiger partial charge < -0.3 is 9.84 Å². The molecule has 0 saturated heterocycles. The molecule has 0 aliphatic carbocycles. The molecule has 0 unspecified atom stereocenters. The predicted octanol–water partition coefficient (Wildman–Crippen LogP) is 3.85. The van der Waals surface area contributed by atoms with Gasteiger partial charge in [0.25, 0.3) is 5.19 Å². The molecule has 0 aliphatic heterocycles. The number of halogens is 2. The third kappa shape index (κ3) is 2.98. The van der Waals surface area contributed by atoms with Crippen molar-refractivity contribution >= 4 is 46.2 Å². The minimum atomic E-state index is -1.26. The number of carboxylic acids is 1. The molecular weight excluding hydrogens is 331 g/mol. The predicted molar refractivity (Wildman–Crippen MR) is 72.3 cm³/mol. The van der Waals surface area contributed by atoms with Gasteiger partial charge in [-0.15, -0.1) is 0 Å². The number of aromatic carboxylic acids is 1. The van der Waals surface area contributed by atoms with Crippen molar-refractivity contribution in [3.8, 4) is 10.9 Å². The molecule has 20 heavy (non-hydrogen) atoms. The molecule has 10 heteroatoms. The lowest BCUT2D eigenvalue weighted by atomic mass is 10.3. The summed E-state index contributed by atoms with van der Waals surface area (Å²) in [6.07, 6.45) is 0. The number of benzene rings is 1. The normalized spacial score (nSPS) is 10.3. The van der Waals surface area contributed by atoms with Crippen LogP contribution in [0.15, 0.2) is 18.2 Å². The molecule has 1 aromatic carbocycles. The fraction of sp³-hybridized carbons (Fsp3) is 0. The largest absolute Gasteiger partial charge is 0.477 e. The topological polar surface area (TPSA) is 103 Å². The van der Waals surface area contributed by atoms with Gasteiger partial charge >= 0.3 is 11.7 Å². The number of thiazole rings is 1. The number of rotatable bonds is 4. The van der Waals surface area contributed by atoms with Crippen LogP contribution < -0.4 is 4.74 Å². The van der Waals surface area contributed by atoms with E-state index >= 15 is 0 Å². The summed E-state index contributed by atoms with van der Waals surface area (Å²) in [5.41, 5.74) is -0.322. The molecule has 0 bridgehead atoms. The third-order valence-electron chi connectivity index (χ3n) is 2.08. The molecule has 7 nitrogen and oxygen atoms in total. The molecule has 1 aromatic heterocycles. The summed E-state index contributed by atoms with van der Waals surface area (Å²) in [6.45, 7) is 0. The van der Waals surface area contributed by atoms with Crippen LogP contribution >= 0.6 is 34.5 Å². The van der Waals surface area contributed by atoms with Crippen molar-refractivity contribution in [3.63, 3.8) is 0 Å². The Bertz CT molecular complexity index is 703. The van der Waals surface area contributed by atoms with E-state index in [2.05, 4.69) is 4.98 Å². The van der Waals surface area contributed by atoms with E-state index in [1.807, 2.05) is 0 Å². The number of nitrogens with zero attached hydrogens (tertiary/aromatic N) is 2. The Morgan fingerprint density at radius 1 is 1.45 bits per heavy atom. The van der Waals surface area contributed by atoms with Gasteiger partial charge in [0.05, 0.1) is 4.92 Å². The van der Waals surface area contributed by atoms with Crippen LogP contribution in [-0.2, 0) is 0 Å². The van der Waals surface area contributed by atoms with Gasteiger partial charge in [-0.3, -0.25) is 10.1 Å². The molecule has 1 heterocycles. The molecule has 0 fully saturated rings. The molecule has 0 radical (unpaired) electrons. The zero-order valence-electron chi connectivity index (χ0n) is 9.37. The fourth-order valence-electron chi connectivity index (χ4n) is 1.27. The van der Waals surface area contributed by atoms with Crippen molar-refractivity contribution < 1.29 is 19.6 Å². The second-order valence-corrected chi connectivity index (χ2v) is 5.13. The van der Waals surface area contributed by atoms with E-state index in [0.717, 1.165) is 0 Å². The zero-order chi connectivity index (χ0) is 14.9. The minimum absolute atomic E-state index is 0.127. The Balaban J connectivity index is 2.39. The highest BCUT2D eigenvalue weighted by Gasteiger charge is 2.21. The van der Waals surface area contributed by atoms with Crippen LogP contribution in [0.2, 0.25) is 10.2 Å². The average molecular weight is 335 g/mol. The van der Waals surface area contributed by atoms with Crippen molar-refractivity contribution in [2.24, 2.45) is 0 Å². The average Bonchev–Trinajstić information content (AvgIpc) is 2.70. The molecule has 1 N–H and O–H groups in total. The number of aromatic nitrogens is 1. The second-order valence-electron chi connectivity index (χ2n) is 3.38. The summed E-state index contributed by atoms with van der Waals surface area (Å²) in [5.74, 6) is -1.41. The van der Waals surface area contributed by atoms with Crippen molar-refractivity contribution in [2.45, 2.75) is 0 Å². The number of nitro groups is 1. The standard InChI is InChI=1S/C10H4Cl2N2O5S/c11-4-1-2-5(14(17)18)6(3-4)19-10-13-8(12)7(20-10)9(15)16/h1-3H,(H,15,16). The van der Waals surface area contributed by atoms with Gasteiger partial charge in [-0.25, -0.2) is 4.79 Å². The summed E-state index contributed by atoms with van der Waals surface area (Å²) < 4.78 is 5.20. The number of carboxylic acid groups (broad SMARTS) is 1. The maximum absolute atomic E-state index is 10.8. The third-order valence-corrected chi connectivity index (χ3v) is 3.62. The molecule has 0 amide bonds. The first-order chi connectivity index (χ1) is 9.38. The monoisotopic (exact) mass is 334 g/mol. The van der Waals surface area contributed by atoms with E-state index in [4.69, 9.17) is 33.0 Å². The summed E-state index contributed by atoms with van der Waals surface area (Å²) in [7, 11) is 0. The molecule has 0 spiro atoms. The quantitative estimate of drug-likeness (QED) is 0.672. The van der Waals surface area contributed by atoms with Crippen LogP contribution in [0.4, 0.5) is 5.69 Å². The van der Waals surface area contributed by atoms with Gasteiger partial charge in [-0.2, -0.15) is 4.98 Å². The summed E-state index contributed by atoms with van der Waals surface area (Å²) in [6, 6.07) is 3.74. The Labute approximate surface area is 125 Å². The number of carbonyl (C=O) groups is 1. The fourth-order valence-corrected chi connectivity index (χ4v) is 2.42. The van der Waals surface area contributed by atoms with Gasteiger partial charge in [0.2, 0.25) is 5.75 Å². The van der Waals surface area contributed by atoms with E-state index in [1.54, 1.807) is 0 Å². The Morgan fingerprint density at radius 2 is 2.15 bits per heavy atom. The summed E-state index contributed by atoms with van der Waals surface area (Å²) in [4.78, 5) is 24.5. The highest BCUT2D eigenvalue weighted by molar-refractivity contribution is 7.15. The molecule has 0 aliphatic rings. The first-order valence-corrected chi connectivity index (χ1v) is 6.47. The van der Waals surface area contributed by atoms with E-state index in [9.17, 15) is 14.9 Å². The molecule has 2 aromatic rings. The number of ether oxygens (including phenoxy) is 1. The van der Waals surface area contributed by atoms with Gasteiger partial charge in [0.15, 0.2) is 10.0 Å². The summed E-state index contributed by atoms with van der Waals surface area (Å²) >= 11 is 12.0. The molecule has 2 rings (SSSR count). The molecular formula is C10H4Cl2N2O5S. The van der Waals surface area contributed by atoms with Crippen LogP contribution in [0.5, 0.6) is 10.9 Å². The lowest BCUT2D eigenvalue weighted by Gasteiger charge is -2.02. The highest BCUT2D eigenvalue weighted by Crippen LogP contribution is 2.37. The van der Waals surface area contributed by atoms with Crippen LogP contribution in [0, 0.1) is 10.1 Å². The van der Waals surface area contributed by atoms with Crippen LogP contribution in [0.3, 0.4) is 0 Å². The van der Waals surface area contributed by atoms with Crippen molar-refractivity contribution in [2.75, 3.05) is 0 Å². The van der Waals surface area contributed by atoms with E-state index in [-0.39, 0.29) is 31.7 Å².